The lowest BCUT2D eigenvalue weighted by molar-refractivity contribution is -0.141. The Morgan fingerprint density at radius 2 is 1.65 bits per heavy atom. The molecule has 1 unspecified atom stereocenters. The highest BCUT2D eigenvalue weighted by Crippen LogP contribution is 2.19. The van der Waals surface area contributed by atoms with Crippen LogP contribution in [0.4, 0.5) is 0 Å². The molecule has 0 aromatic heterocycles. The van der Waals surface area contributed by atoms with Gasteiger partial charge in [0, 0.05) is 7.05 Å². The molecule has 2 aromatic carbocycles. The number of benzene rings is 2. The van der Waals surface area contributed by atoms with Gasteiger partial charge >= 0.3 is 5.97 Å². The van der Waals surface area contributed by atoms with Crippen LogP contribution in [-0.4, -0.2) is 36.9 Å². The van der Waals surface area contributed by atoms with E-state index in [2.05, 4.69) is 0 Å². The van der Waals surface area contributed by atoms with Gasteiger partial charge in [-0.1, -0.05) is 48.0 Å². The second-order valence-electron chi connectivity index (χ2n) is 5.38. The average molecular weight is 333 g/mol. The number of likely N-dealkylation sites (N-methyl/N-ethyl adjacent to an activating group) is 1. The third-order valence-electron chi connectivity index (χ3n) is 3.69. The Morgan fingerprint density at radius 3 is 2.17 bits per heavy atom. The van der Waals surface area contributed by atoms with Crippen molar-refractivity contribution in [3.8, 4) is 0 Å². The molecule has 1 N–H and O–H groups in total. The highest BCUT2D eigenvalue weighted by Gasteiger charge is 2.32. The van der Waals surface area contributed by atoms with Crippen LogP contribution in [0.5, 0.6) is 0 Å². The summed E-state index contributed by atoms with van der Waals surface area (Å²) in [6.07, 6.45) is 0.109. The number of carbonyl (C=O) groups is 1. The van der Waals surface area contributed by atoms with Gasteiger partial charge < -0.3 is 5.11 Å². The summed E-state index contributed by atoms with van der Waals surface area (Å²) in [5, 5.41) is 9.45. The fourth-order valence-corrected chi connectivity index (χ4v) is 3.57. The maximum atomic E-state index is 12.6. The van der Waals surface area contributed by atoms with Crippen LogP contribution in [0.3, 0.4) is 0 Å². The molecule has 1 atom stereocenters. The van der Waals surface area contributed by atoms with Crippen molar-refractivity contribution in [2.45, 2.75) is 24.3 Å². The van der Waals surface area contributed by atoms with Gasteiger partial charge in [-0.15, -0.1) is 0 Å². The van der Waals surface area contributed by atoms with E-state index in [1.54, 1.807) is 36.4 Å². The van der Waals surface area contributed by atoms with Gasteiger partial charge in [-0.05, 0) is 31.0 Å². The first-order valence-corrected chi connectivity index (χ1v) is 8.58. The summed E-state index contributed by atoms with van der Waals surface area (Å²) in [4.78, 5) is 11.7. The van der Waals surface area contributed by atoms with Crippen molar-refractivity contribution in [3.05, 3.63) is 65.7 Å². The lowest BCUT2D eigenvalue weighted by Gasteiger charge is -2.24. The van der Waals surface area contributed by atoms with E-state index < -0.39 is 22.0 Å². The number of carboxylic acids is 1. The van der Waals surface area contributed by atoms with Gasteiger partial charge in [0.1, 0.15) is 6.04 Å². The highest BCUT2D eigenvalue weighted by molar-refractivity contribution is 7.89. The molecule has 23 heavy (non-hydrogen) atoms. The van der Waals surface area contributed by atoms with Crippen LogP contribution >= 0.6 is 0 Å². The molecule has 0 heterocycles. The number of aliphatic carboxylic acids is 1. The first-order valence-electron chi connectivity index (χ1n) is 7.14. The van der Waals surface area contributed by atoms with E-state index in [0.29, 0.717) is 0 Å². The second-order valence-corrected chi connectivity index (χ2v) is 7.38. The summed E-state index contributed by atoms with van der Waals surface area (Å²) in [5.41, 5.74) is 1.71. The third-order valence-corrected chi connectivity index (χ3v) is 5.57. The normalized spacial score (nSPS) is 13.0. The Morgan fingerprint density at radius 1 is 1.09 bits per heavy atom. The predicted octanol–water partition coefficient (Wildman–Crippen LogP) is 2.31. The summed E-state index contributed by atoms with van der Waals surface area (Å²) in [7, 11) is -2.57. The maximum absolute atomic E-state index is 12.6. The smallest absolute Gasteiger partial charge is 0.322 e. The number of carboxylic acid groups (broad SMARTS) is 1. The highest BCUT2D eigenvalue weighted by atomic mass is 32.2. The molecule has 0 bridgehead atoms. The van der Waals surface area contributed by atoms with Gasteiger partial charge in [-0.25, -0.2) is 8.42 Å². The Balaban J connectivity index is 2.31. The molecule has 0 aliphatic heterocycles. The lowest BCUT2D eigenvalue weighted by Crippen LogP contribution is -2.43. The van der Waals surface area contributed by atoms with Gasteiger partial charge in [-0.3, -0.25) is 4.79 Å². The molecule has 0 radical (unpaired) electrons. The molecule has 0 aliphatic rings. The molecule has 0 spiro atoms. The SMILES string of the molecule is Cc1ccc(S(=O)(=O)N(C)C(Cc2ccccc2)C(=O)O)cc1. The summed E-state index contributed by atoms with van der Waals surface area (Å²) >= 11 is 0. The molecule has 6 heteroatoms. The van der Waals surface area contributed by atoms with Gasteiger partial charge in [0.05, 0.1) is 4.90 Å². The van der Waals surface area contributed by atoms with Gasteiger partial charge in [0.15, 0.2) is 0 Å². The zero-order chi connectivity index (χ0) is 17.0. The Kier molecular flexibility index (Phi) is 5.18. The Hall–Kier alpha value is -2.18. The van der Waals surface area contributed by atoms with E-state index in [1.807, 2.05) is 13.0 Å². The third kappa shape index (κ3) is 3.97. The van der Waals surface area contributed by atoms with Crippen molar-refractivity contribution >= 4 is 16.0 Å². The summed E-state index contributed by atoms with van der Waals surface area (Å²) in [5.74, 6) is -1.17. The fraction of sp³-hybridized carbons (Fsp3) is 0.235. The van der Waals surface area contributed by atoms with Crippen LogP contribution in [0.25, 0.3) is 0 Å². The molecule has 0 saturated heterocycles. The van der Waals surface area contributed by atoms with Crippen LogP contribution < -0.4 is 0 Å². The minimum absolute atomic E-state index is 0.0879. The monoisotopic (exact) mass is 333 g/mol. The first kappa shape index (κ1) is 17.2. The summed E-state index contributed by atoms with van der Waals surface area (Å²) in [6.45, 7) is 1.86. The molecule has 2 rings (SSSR count). The standard InChI is InChI=1S/C17H19NO4S/c1-13-8-10-15(11-9-13)23(21,22)18(2)16(17(19)20)12-14-6-4-3-5-7-14/h3-11,16H,12H2,1-2H3,(H,19,20). The van der Waals surface area contributed by atoms with E-state index in [-0.39, 0.29) is 11.3 Å². The molecule has 0 fully saturated rings. The van der Waals surface area contributed by atoms with E-state index >= 15 is 0 Å². The largest absolute Gasteiger partial charge is 0.480 e. The zero-order valence-electron chi connectivity index (χ0n) is 13.0. The lowest BCUT2D eigenvalue weighted by atomic mass is 10.1. The Labute approximate surface area is 136 Å². The van der Waals surface area contributed by atoms with Gasteiger partial charge in [0.2, 0.25) is 10.0 Å². The van der Waals surface area contributed by atoms with Crippen LogP contribution in [0, 0.1) is 6.92 Å². The number of rotatable bonds is 6. The van der Waals surface area contributed by atoms with E-state index in [1.165, 1.54) is 19.2 Å². The van der Waals surface area contributed by atoms with Crippen molar-refractivity contribution in [2.24, 2.45) is 0 Å². The molecule has 0 aliphatic carbocycles. The van der Waals surface area contributed by atoms with Crippen LogP contribution in [0.2, 0.25) is 0 Å². The first-order chi connectivity index (χ1) is 10.8. The number of aryl methyl sites for hydroxylation is 1. The van der Waals surface area contributed by atoms with Crippen LogP contribution in [-0.2, 0) is 21.2 Å². The number of sulfonamides is 1. The van der Waals surface area contributed by atoms with Crippen molar-refractivity contribution in [1.82, 2.24) is 4.31 Å². The molecular formula is C17H19NO4S. The predicted molar refractivity (Wildman–Crippen MR) is 87.7 cm³/mol. The topological polar surface area (TPSA) is 74.7 Å². The molecule has 5 nitrogen and oxygen atoms in total. The molecule has 0 saturated carbocycles. The molecule has 0 amide bonds. The quantitative estimate of drug-likeness (QED) is 0.880. The summed E-state index contributed by atoms with van der Waals surface area (Å²) in [6, 6.07) is 14.2. The fourth-order valence-electron chi connectivity index (χ4n) is 2.25. The van der Waals surface area contributed by atoms with Crippen molar-refractivity contribution in [1.29, 1.82) is 0 Å². The van der Waals surface area contributed by atoms with Crippen molar-refractivity contribution in [2.75, 3.05) is 7.05 Å². The van der Waals surface area contributed by atoms with E-state index in [4.69, 9.17) is 0 Å². The van der Waals surface area contributed by atoms with E-state index in [0.717, 1.165) is 15.4 Å². The Bertz CT molecular complexity index is 770. The van der Waals surface area contributed by atoms with Crippen LogP contribution in [0.1, 0.15) is 11.1 Å². The number of hydrogen-bond acceptors (Lipinski definition) is 3. The maximum Gasteiger partial charge on any atom is 0.322 e. The van der Waals surface area contributed by atoms with Crippen molar-refractivity contribution < 1.29 is 18.3 Å². The molecule has 2 aromatic rings. The van der Waals surface area contributed by atoms with Gasteiger partial charge in [-0.2, -0.15) is 4.31 Å². The summed E-state index contributed by atoms with van der Waals surface area (Å²) < 4.78 is 26.2. The second kappa shape index (κ2) is 6.93. The van der Waals surface area contributed by atoms with Gasteiger partial charge in [0.25, 0.3) is 0 Å². The molecule has 122 valence electrons. The van der Waals surface area contributed by atoms with Crippen molar-refractivity contribution in [3.63, 3.8) is 0 Å². The minimum Gasteiger partial charge on any atom is -0.480 e. The number of nitrogens with zero attached hydrogens (tertiary/aromatic N) is 1. The van der Waals surface area contributed by atoms with E-state index in [9.17, 15) is 18.3 Å². The average Bonchev–Trinajstić information content (AvgIpc) is 2.53. The van der Waals surface area contributed by atoms with Crippen LogP contribution in [0.15, 0.2) is 59.5 Å². The number of hydrogen-bond donors (Lipinski definition) is 1. The molecular weight excluding hydrogens is 314 g/mol. The minimum atomic E-state index is -3.87. The zero-order valence-corrected chi connectivity index (χ0v) is 13.8.